The van der Waals surface area contributed by atoms with Crippen LogP contribution in [0.5, 0.6) is 11.5 Å². The molecule has 0 fully saturated rings. The van der Waals surface area contributed by atoms with Crippen molar-refractivity contribution in [1.29, 1.82) is 0 Å². The number of ether oxygens (including phenoxy) is 1. The maximum atomic E-state index is 13.8. The number of rotatable bonds is 4. The van der Waals surface area contributed by atoms with Crippen molar-refractivity contribution in [3.05, 3.63) is 63.5 Å². The van der Waals surface area contributed by atoms with Crippen LogP contribution >= 0.6 is 0 Å². The average Bonchev–Trinajstić information content (AvgIpc) is 2.42. The highest BCUT2D eigenvalue weighted by atomic mass is 19.1. The molecular weight excluding hydrogens is 263 g/mol. The molecular formula is C14H13FN2O3. The van der Waals surface area contributed by atoms with E-state index in [1.54, 1.807) is 13.0 Å². The summed E-state index contributed by atoms with van der Waals surface area (Å²) in [6.45, 7) is 1.91. The summed E-state index contributed by atoms with van der Waals surface area (Å²) in [6.07, 6.45) is 0. The Hall–Kier alpha value is -2.47. The van der Waals surface area contributed by atoms with Gasteiger partial charge in [0.15, 0.2) is 11.6 Å². The topological polar surface area (TPSA) is 78.4 Å². The van der Waals surface area contributed by atoms with Gasteiger partial charge in [-0.2, -0.15) is 0 Å². The normalized spacial score (nSPS) is 10.3. The minimum Gasteiger partial charge on any atom is -0.454 e. The third-order valence-electron chi connectivity index (χ3n) is 2.82. The Morgan fingerprint density at radius 2 is 1.95 bits per heavy atom. The van der Waals surface area contributed by atoms with E-state index in [0.29, 0.717) is 16.9 Å². The Labute approximate surface area is 114 Å². The third-order valence-corrected chi connectivity index (χ3v) is 2.82. The standard InChI is InChI=1S/C14H13FN2O3/c1-9-6-11(17(18)19)3-5-13(9)20-14-4-2-10(8-16)7-12(14)15/h2-7H,8,16H2,1H3. The lowest BCUT2D eigenvalue weighted by atomic mass is 10.2. The SMILES string of the molecule is Cc1cc([N+](=O)[O-])ccc1Oc1ccc(CN)cc1F. The van der Waals surface area contributed by atoms with Gasteiger partial charge in [0.25, 0.3) is 5.69 Å². The molecule has 0 spiro atoms. The molecule has 0 aliphatic heterocycles. The molecule has 5 nitrogen and oxygen atoms in total. The second kappa shape index (κ2) is 5.66. The monoisotopic (exact) mass is 276 g/mol. The number of nitrogens with two attached hydrogens (primary N) is 1. The molecule has 0 aliphatic carbocycles. The second-order valence-corrected chi connectivity index (χ2v) is 4.28. The maximum Gasteiger partial charge on any atom is 0.269 e. The van der Waals surface area contributed by atoms with E-state index in [-0.39, 0.29) is 18.0 Å². The van der Waals surface area contributed by atoms with Crippen LogP contribution in [0.4, 0.5) is 10.1 Å². The van der Waals surface area contributed by atoms with Crippen molar-refractivity contribution in [2.45, 2.75) is 13.5 Å². The number of nitro benzene ring substituents is 1. The van der Waals surface area contributed by atoms with E-state index in [4.69, 9.17) is 10.5 Å². The lowest BCUT2D eigenvalue weighted by Gasteiger charge is -2.10. The van der Waals surface area contributed by atoms with Crippen LogP contribution in [0.3, 0.4) is 0 Å². The van der Waals surface area contributed by atoms with Crippen LogP contribution in [0, 0.1) is 22.9 Å². The molecule has 0 amide bonds. The number of non-ortho nitro benzene ring substituents is 1. The van der Waals surface area contributed by atoms with E-state index < -0.39 is 10.7 Å². The predicted octanol–water partition coefficient (Wildman–Crippen LogP) is 3.29. The fourth-order valence-electron chi connectivity index (χ4n) is 1.73. The molecule has 0 atom stereocenters. The lowest BCUT2D eigenvalue weighted by Crippen LogP contribution is -1.98. The molecule has 0 bridgehead atoms. The molecule has 0 saturated carbocycles. The third kappa shape index (κ3) is 2.92. The zero-order chi connectivity index (χ0) is 14.7. The van der Waals surface area contributed by atoms with Crippen LogP contribution < -0.4 is 10.5 Å². The highest BCUT2D eigenvalue weighted by Crippen LogP contribution is 2.29. The Balaban J connectivity index is 2.28. The van der Waals surface area contributed by atoms with Gasteiger partial charge in [0.05, 0.1) is 4.92 Å². The number of benzene rings is 2. The minimum atomic E-state index is -0.522. The van der Waals surface area contributed by atoms with E-state index in [0.717, 1.165) is 0 Å². The van der Waals surface area contributed by atoms with Crippen molar-refractivity contribution in [2.24, 2.45) is 5.73 Å². The lowest BCUT2D eigenvalue weighted by molar-refractivity contribution is -0.384. The molecule has 0 radical (unpaired) electrons. The molecule has 0 saturated heterocycles. The van der Waals surface area contributed by atoms with Gasteiger partial charge in [0, 0.05) is 18.7 Å². The van der Waals surface area contributed by atoms with Crippen molar-refractivity contribution in [3.63, 3.8) is 0 Å². The molecule has 6 heteroatoms. The number of halogens is 1. The van der Waals surface area contributed by atoms with Crippen LogP contribution in [0.1, 0.15) is 11.1 Å². The molecule has 2 aromatic carbocycles. The molecule has 104 valence electrons. The maximum absolute atomic E-state index is 13.8. The summed E-state index contributed by atoms with van der Waals surface area (Å²) in [5.74, 6) is -0.0974. The van der Waals surface area contributed by atoms with Crippen LogP contribution in [-0.4, -0.2) is 4.92 Å². The first-order valence-electron chi connectivity index (χ1n) is 5.92. The summed E-state index contributed by atoms with van der Waals surface area (Å²) in [7, 11) is 0. The number of aryl methyl sites for hydroxylation is 1. The van der Waals surface area contributed by atoms with E-state index in [2.05, 4.69) is 0 Å². The van der Waals surface area contributed by atoms with Crippen molar-refractivity contribution < 1.29 is 14.1 Å². The van der Waals surface area contributed by atoms with E-state index in [1.165, 1.54) is 30.3 Å². The quantitative estimate of drug-likeness (QED) is 0.686. The Kier molecular flexibility index (Phi) is 3.95. The zero-order valence-corrected chi connectivity index (χ0v) is 10.8. The van der Waals surface area contributed by atoms with Gasteiger partial charge in [-0.05, 0) is 36.2 Å². The molecule has 0 unspecified atom stereocenters. The van der Waals surface area contributed by atoms with Gasteiger partial charge >= 0.3 is 0 Å². The highest BCUT2D eigenvalue weighted by Gasteiger charge is 2.11. The van der Waals surface area contributed by atoms with Crippen molar-refractivity contribution in [2.75, 3.05) is 0 Å². The Morgan fingerprint density at radius 1 is 1.25 bits per heavy atom. The van der Waals surface area contributed by atoms with Gasteiger partial charge in [0.2, 0.25) is 0 Å². The average molecular weight is 276 g/mol. The summed E-state index contributed by atoms with van der Waals surface area (Å²) >= 11 is 0. The molecule has 0 aliphatic rings. The van der Waals surface area contributed by atoms with Crippen molar-refractivity contribution in [1.82, 2.24) is 0 Å². The highest BCUT2D eigenvalue weighted by molar-refractivity contribution is 5.45. The smallest absolute Gasteiger partial charge is 0.269 e. The summed E-state index contributed by atoms with van der Waals surface area (Å²) < 4.78 is 19.2. The van der Waals surface area contributed by atoms with Crippen LogP contribution in [0.15, 0.2) is 36.4 Å². The van der Waals surface area contributed by atoms with Crippen molar-refractivity contribution in [3.8, 4) is 11.5 Å². The van der Waals surface area contributed by atoms with Gasteiger partial charge in [-0.3, -0.25) is 10.1 Å². The Bertz CT molecular complexity index is 659. The summed E-state index contributed by atoms with van der Waals surface area (Å²) in [5, 5.41) is 10.6. The molecule has 2 N–H and O–H groups in total. The van der Waals surface area contributed by atoms with Gasteiger partial charge in [-0.25, -0.2) is 4.39 Å². The first-order chi connectivity index (χ1) is 9.51. The minimum absolute atomic E-state index is 0.0335. The zero-order valence-electron chi connectivity index (χ0n) is 10.8. The second-order valence-electron chi connectivity index (χ2n) is 4.28. The van der Waals surface area contributed by atoms with E-state index >= 15 is 0 Å². The van der Waals surface area contributed by atoms with Gasteiger partial charge in [0.1, 0.15) is 5.75 Å². The summed E-state index contributed by atoms with van der Waals surface area (Å²) in [6, 6.07) is 8.59. The number of hydrogen-bond donors (Lipinski definition) is 1. The summed E-state index contributed by atoms with van der Waals surface area (Å²) in [4.78, 5) is 10.1. The fraction of sp³-hybridized carbons (Fsp3) is 0.143. The molecule has 20 heavy (non-hydrogen) atoms. The first kappa shape index (κ1) is 14.0. The molecule has 0 heterocycles. The summed E-state index contributed by atoms with van der Waals surface area (Å²) in [5.41, 5.74) is 6.60. The largest absolute Gasteiger partial charge is 0.454 e. The number of nitro groups is 1. The van der Waals surface area contributed by atoms with Gasteiger partial charge < -0.3 is 10.5 Å². The molecule has 0 aromatic heterocycles. The van der Waals surface area contributed by atoms with Crippen molar-refractivity contribution >= 4 is 5.69 Å². The van der Waals surface area contributed by atoms with Crippen LogP contribution in [0.2, 0.25) is 0 Å². The molecule has 2 rings (SSSR count). The van der Waals surface area contributed by atoms with Crippen LogP contribution in [-0.2, 0) is 6.54 Å². The van der Waals surface area contributed by atoms with Gasteiger partial charge in [-0.1, -0.05) is 6.07 Å². The number of nitrogens with zero attached hydrogens (tertiary/aromatic N) is 1. The Morgan fingerprint density at radius 3 is 2.50 bits per heavy atom. The number of hydrogen-bond acceptors (Lipinski definition) is 4. The fourth-order valence-corrected chi connectivity index (χ4v) is 1.73. The van der Waals surface area contributed by atoms with E-state index in [9.17, 15) is 14.5 Å². The van der Waals surface area contributed by atoms with Crippen LogP contribution in [0.25, 0.3) is 0 Å². The predicted molar refractivity (Wildman–Crippen MR) is 72.2 cm³/mol. The first-order valence-corrected chi connectivity index (χ1v) is 5.92. The molecule has 2 aromatic rings. The van der Waals surface area contributed by atoms with Gasteiger partial charge in [-0.15, -0.1) is 0 Å². The van der Waals surface area contributed by atoms with E-state index in [1.807, 2.05) is 0 Å².